The lowest BCUT2D eigenvalue weighted by molar-refractivity contribution is 0.0519. The van der Waals surface area contributed by atoms with Gasteiger partial charge < -0.3 is 9.72 Å². The second kappa shape index (κ2) is 4.85. The Bertz CT molecular complexity index is 421. The number of carbonyl (C=O) groups excluding carboxylic acids is 1. The van der Waals surface area contributed by atoms with Crippen LogP contribution in [0.1, 0.15) is 34.2 Å². The molecule has 0 aliphatic rings. The van der Waals surface area contributed by atoms with Crippen molar-refractivity contribution >= 4 is 11.7 Å². The molecule has 0 saturated heterocycles. The van der Waals surface area contributed by atoms with Crippen LogP contribution < -0.4 is 5.48 Å². The second-order valence-corrected chi connectivity index (χ2v) is 3.44. The molecule has 0 amide bonds. The molecule has 0 aliphatic carbocycles. The summed E-state index contributed by atoms with van der Waals surface area (Å²) in [6, 6.07) is 0. The molecule has 0 aromatic carbocycles. The van der Waals surface area contributed by atoms with Crippen LogP contribution in [0.3, 0.4) is 0 Å². The summed E-state index contributed by atoms with van der Waals surface area (Å²) >= 11 is 0. The first-order valence-electron chi connectivity index (χ1n) is 4.98. The highest BCUT2D eigenvalue weighted by molar-refractivity contribution is 5.91. The van der Waals surface area contributed by atoms with E-state index in [9.17, 15) is 4.79 Å². The van der Waals surface area contributed by atoms with Crippen molar-refractivity contribution in [1.29, 1.82) is 0 Å². The van der Waals surface area contributed by atoms with E-state index in [0.29, 0.717) is 29.1 Å². The largest absolute Gasteiger partial charge is 0.461 e. The number of hydroxylamine groups is 1. The molecule has 0 atom stereocenters. The summed E-state index contributed by atoms with van der Waals surface area (Å²) in [5.74, 6) is -0.403. The van der Waals surface area contributed by atoms with E-state index in [1.165, 1.54) is 0 Å². The van der Waals surface area contributed by atoms with Gasteiger partial charge in [-0.2, -0.15) is 0 Å². The van der Waals surface area contributed by atoms with Crippen LogP contribution in [0.4, 0.5) is 0 Å². The van der Waals surface area contributed by atoms with Gasteiger partial charge in [0.2, 0.25) is 0 Å². The zero-order valence-electron chi connectivity index (χ0n) is 9.68. The van der Waals surface area contributed by atoms with Crippen molar-refractivity contribution in [3.05, 3.63) is 29.1 Å². The van der Waals surface area contributed by atoms with Crippen LogP contribution in [-0.4, -0.2) is 22.8 Å². The van der Waals surface area contributed by atoms with Crippen LogP contribution in [0.5, 0.6) is 0 Å². The molecule has 0 unspecified atom stereocenters. The number of hydrogen-bond donors (Lipinski definition) is 3. The van der Waals surface area contributed by atoms with Crippen molar-refractivity contribution in [3.63, 3.8) is 0 Å². The van der Waals surface area contributed by atoms with Gasteiger partial charge in [0.25, 0.3) is 0 Å². The number of aromatic amines is 1. The summed E-state index contributed by atoms with van der Waals surface area (Å²) in [6.07, 6.45) is 0. The molecule has 16 heavy (non-hydrogen) atoms. The van der Waals surface area contributed by atoms with Gasteiger partial charge in [0, 0.05) is 11.3 Å². The molecule has 1 aromatic heterocycles. The lowest BCUT2D eigenvalue weighted by Gasteiger charge is -2.04. The predicted octanol–water partition coefficient (Wildman–Crippen LogP) is 1.76. The molecule has 0 radical (unpaired) electrons. The Hall–Kier alpha value is -1.75. The van der Waals surface area contributed by atoms with Gasteiger partial charge in [0.15, 0.2) is 0 Å². The Morgan fingerprint density at radius 2 is 2.19 bits per heavy atom. The van der Waals surface area contributed by atoms with Crippen LogP contribution in [0, 0.1) is 13.8 Å². The Balaban J connectivity index is 3.16. The van der Waals surface area contributed by atoms with E-state index in [1.54, 1.807) is 20.8 Å². The molecule has 0 spiro atoms. The zero-order valence-corrected chi connectivity index (χ0v) is 9.68. The van der Waals surface area contributed by atoms with E-state index in [4.69, 9.17) is 9.94 Å². The second-order valence-electron chi connectivity index (χ2n) is 3.44. The highest BCUT2D eigenvalue weighted by atomic mass is 16.5. The number of aromatic nitrogens is 1. The van der Waals surface area contributed by atoms with Gasteiger partial charge in [-0.3, -0.25) is 10.7 Å². The molecule has 0 fully saturated rings. The Kier molecular flexibility index (Phi) is 3.73. The lowest BCUT2D eigenvalue weighted by Crippen LogP contribution is -2.08. The highest BCUT2D eigenvalue weighted by Gasteiger charge is 2.19. The minimum Gasteiger partial charge on any atom is -0.461 e. The third-order valence-corrected chi connectivity index (χ3v) is 2.35. The van der Waals surface area contributed by atoms with E-state index >= 15 is 0 Å². The Morgan fingerprint density at radius 3 is 2.69 bits per heavy atom. The van der Waals surface area contributed by atoms with Gasteiger partial charge in [0.1, 0.15) is 5.69 Å². The number of carbonyl (C=O) groups is 1. The Morgan fingerprint density at radius 1 is 1.56 bits per heavy atom. The van der Waals surface area contributed by atoms with Gasteiger partial charge in [-0.25, -0.2) is 4.79 Å². The molecule has 5 heteroatoms. The van der Waals surface area contributed by atoms with E-state index in [-0.39, 0.29) is 0 Å². The van der Waals surface area contributed by atoms with Gasteiger partial charge >= 0.3 is 5.97 Å². The van der Waals surface area contributed by atoms with Gasteiger partial charge in [-0.05, 0) is 26.3 Å². The molecular formula is C11H16N2O3. The summed E-state index contributed by atoms with van der Waals surface area (Å²) in [5.41, 5.74) is 4.89. The number of esters is 1. The SMILES string of the molecule is C=C(NO)c1c(C)[nH]c(C(=O)OCC)c1C. The maximum Gasteiger partial charge on any atom is 0.355 e. The number of hydrogen-bond acceptors (Lipinski definition) is 4. The van der Waals surface area contributed by atoms with E-state index < -0.39 is 5.97 Å². The van der Waals surface area contributed by atoms with E-state index in [0.717, 1.165) is 5.69 Å². The molecule has 0 saturated carbocycles. The van der Waals surface area contributed by atoms with Gasteiger partial charge in [-0.15, -0.1) is 0 Å². The quantitative estimate of drug-likeness (QED) is 0.538. The van der Waals surface area contributed by atoms with Crippen molar-refractivity contribution in [2.24, 2.45) is 0 Å². The van der Waals surface area contributed by atoms with Crippen LogP contribution in [0.15, 0.2) is 6.58 Å². The maximum atomic E-state index is 11.6. The van der Waals surface area contributed by atoms with E-state index in [1.807, 2.05) is 5.48 Å². The molecule has 1 aromatic rings. The first-order valence-corrected chi connectivity index (χ1v) is 4.98. The first kappa shape index (κ1) is 12.3. The maximum absolute atomic E-state index is 11.6. The number of rotatable bonds is 4. The molecule has 0 aliphatic heterocycles. The topological polar surface area (TPSA) is 74.4 Å². The van der Waals surface area contributed by atoms with Crippen molar-refractivity contribution in [3.8, 4) is 0 Å². The summed E-state index contributed by atoms with van der Waals surface area (Å²) in [6.45, 7) is 9.29. The third kappa shape index (κ3) is 2.09. The molecule has 5 nitrogen and oxygen atoms in total. The Labute approximate surface area is 94.1 Å². The molecule has 1 heterocycles. The average Bonchev–Trinajstić information content (AvgIpc) is 2.54. The lowest BCUT2D eigenvalue weighted by atomic mass is 10.1. The number of H-pyrrole nitrogens is 1. The molecule has 3 N–H and O–H groups in total. The molecule has 1 rings (SSSR count). The minimum atomic E-state index is -0.403. The molecular weight excluding hydrogens is 208 g/mol. The van der Waals surface area contributed by atoms with E-state index in [2.05, 4.69) is 11.6 Å². The fraction of sp³-hybridized carbons (Fsp3) is 0.364. The fourth-order valence-electron chi connectivity index (χ4n) is 1.67. The number of ether oxygens (including phenoxy) is 1. The summed E-state index contributed by atoms with van der Waals surface area (Å²) in [4.78, 5) is 14.5. The third-order valence-electron chi connectivity index (χ3n) is 2.35. The zero-order chi connectivity index (χ0) is 12.3. The first-order chi connectivity index (χ1) is 7.52. The molecule has 0 bridgehead atoms. The van der Waals surface area contributed by atoms with Crippen molar-refractivity contribution in [2.45, 2.75) is 20.8 Å². The average molecular weight is 224 g/mol. The van der Waals surface area contributed by atoms with Crippen LogP contribution in [-0.2, 0) is 4.74 Å². The highest BCUT2D eigenvalue weighted by Crippen LogP contribution is 2.23. The number of aryl methyl sites for hydroxylation is 1. The van der Waals surface area contributed by atoms with Crippen molar-refractivity contribution < 1.29 is 14.7 Å². The van der Waals surface area contributed by atoms with Crippen LogP contribution in [0.2, 0.25) is 0 Å². The smallest absolute Gasteiger partial charge is 0.355 e. The van der Waals surface area contributed by atoms with Crippen molar-refractivity contribution in [2.75, 3.05) is 6.61 Å². The number of nitrogens with one attached hydrogen (secondary N) is 2. The summed E-state index contributed by atoms with van der Waals surface area (Å²) in [5, 5.41) is 8.81. The van der Waals surface area contributed by atoms with Crippen molar-refractivity contribution in [1.82, 2.24) is 10.5 Å². The fourth-order valence-corrected chi connectivity index (χ4v) is 1.67. The summed E-state index contributed by atoms with van der Waals surface area (Å²) < 4.78 is 4.91. The van der Waals surface area contributed by atoms with Gasteiger partial charge in [-0.1, -0.05) is 6.58 Å². The minimum absolute atomic E-state index is 0.324. The molecule has 88 valence electrons. The normalized spacial score (nSPS) is 10.0. The van der Waals surface area contributed by atoms with Gasteiger partial charge in [0.05, 0.1) is 12.3 Å². The standard InChI is InChI=1S/C11H16N2O3/c1-5-16-11(14)10-6(2)9(7(3)12-10)8(4)13-15/h12-13,15H,4-5H2,1-3H3. The van der Waals surface area contributed by atoms with Crippen LogP contribution >= 0.6 is 0 Å². The monoisotopic (exact) mass is 224 g/mol. The predicted molar refractivity (Wildman–Crippen MR) is 60.2 cm³/mol. The van der Waals surface area contributed by atoms with Crippen LogP contribution in [0.25, 0.3) is 5.70 Å². The summed E-state index contributed by atoms with van der Waals surface area (Å²) in [7, 11) is 0.